The Labute approximate surface area is 113 Å². The van der Waals surface area contributed by atoms with Crippen molar-refractivity contribution in [1.29, 1.82) is 5.26 Å². The standard InChI is InChI=1S/C14H10F3N3/c15-14(16,17)10-5-6-13(11(19)7-10)20-12-4-2-1-3-9(12)8-18/h1-7,20H,19H2. The van der Waals surface area contributed by atoms with Crippen molar-refractivity contribution in [2.24, 2.45) is 0 Å². The monoisotopic (exact) mass is 277 g/mol. The van der Waals surface area contributed by atoms with Gasteiger partial charge in [0.2, 0.25) is 0 Å². The molecule has 0 aliphatic carbocycles. The lowest BCUT2D eigenvalue weighted by molar-refractivity contribution is -0.137. The van der Waals surface area contributed by atoms with E-state index >= 15 is 0 Å². The molecule has 0 bridgehead atoms. The molecular formula is C14H10F3N3. The minimum Gasteiger partial charge on any atom is -0.397 e. The summed E-state index contributed by atoms with van der Waals surface area (Å²) in [6, 6.07) is 11.7. The topological polar surface area (TPSA) is 61.8 Å². The van der Waals surface area contributed by atoms with Crippen molar-refractivity contribution < 1.29 is 13.2 Å². The van der Waals surface area contributed by atoms with Gasteiger partial charge in [0.15, 0.2) is 0 Å². The van der Waals surface area contributed by atoms with Crippen molar-refractivity contribution in [3.05, 3.63) is 53.6 Å². The van der Waals surface area contributed by atoms with Crippen LogP contribution in [0.2, 0.25) is 0 Å². The Hall–Kier alpha value is -2.68. The fourth-order valence-electron chi connectivity index (χ4n) is 1.69. The number of benzene rings is 2. The number of hydrogen-bond donors (Lipinski definition) is 2. The molecule has 0 fully saturated rings. The molecule has 0 spiro atoms. The molecule has 20 heavy (non-hydrogen) atoms. The van der Waals surface area contributed by atoms with Gasteiger partial charge in [0.1, 0.15) is 6.07 Å². The molecule has 0 amide bonds. The Kier molecular flexibility index (Phi) is 3.53. The number of alkyl halides is 3. The zero-order valence-corrected chi connectivity index (χ0v) is 10.2. The lowest BCUT2D eigenvalue weighted by atomic mass is 10.1. The molecule has 0 saturated carbocycles. The Morgan fingerprint density at radius 1 is 1.05 bits per heavy atom. The number of rotatable bonds is 2. The number of nitrogens with two attached hydrogens (primary N) is 1. The molecule has 0 atom stereocenters. The van der Waals surface area contributed by atoms with E-state index in [0.717, 1.165) is 12.1 Å². The number of anilines is 3. The van der Waals surface area contributed by atoms with Crippen LogP contribution in [0.15, 0.2) is 42.5 Å². The van der Waals surface area contributed by atoms with E-state index < -0.39 is 11.7 Å². The molecule has 0 aliphatic rings. The van der Waals surface area contributed by atoms with Gasteiger partial charge in [-0.15, -0.1) is 0 Å². The van der Waals surface area contributed by atoms with E-state index in [1.807, 2.05) is 6.07 Å². The van der Waals surface area contributed by atoms with Crippen molar-refractivity contribution >= 4 is 17.1 Å². The second-order valence-corrected chi connectivity index (χ2v) is 4.08. The molecule has 2 aromatic rings. The van der Waals surface area contributed by atoms with Gasteiger partial charge >= 0.3 is 6.18 Å². The minimum atomic E-state index is -4.43. The molecule has 0 heterocycles. The summed E-state index contributed by atoms with van der Waals surface area (Å²) in [6.45, 7) is 0. The summed E-state index contributed by atoms with van der Waals surface area (Å²) < 4.78 is 37.6. The highest BCUT2D eigenvalue weighted by atomic mass is 19.4. The minimum absolute atomic E-state index is 0.0347. The fraction of sp³-hybridized carbons (Fsp3) is 0.0714. The third-order valence-corrected chi connectivity index (χ3v) is 2.70. The van der Waals surface area contributed by atoms with Crippen LogP contribution in [0.4, 0.5) is 30.2 Å². The average Bonchev–Trinajstić information content (AvgIpc) is 2.40. The first kappa shape index (κ1) is 13.7. The van der Waals surface area contributed by atoms with E-state index in [0.29, 0.717) is 16.9 Å². The molecule has 6 heteroatoms. The van der Waals surface area contributed by atoms with Crippen LogP contribution in [-0.2, 0) is 6.18 Å². The highest BCUT2D eigenvalue weighted by Crippen LogP contribution is 2.34. The van der Waals surface area contributed by atoms with Gasteiger partial charge in [0.05, 0.1) is 28.2 Å². The van der Waals surface area contributed by atoms with Crippen molar-refractivity contribution in [3.63, 3.8) is 0 Å². The largest absolute Gasteiger partial charge is 0.416 e. The maximum Gasteiger partial charge on any atom is 0.416 e. The van der Waals surface area contributed by atoms with Gasteiger partial charge in [-0.2, -0.15) is 18.4 Å². The predicted octanol–water partition coefficient (Wildman–Crippen LogP) is 3.90. The third kappa shape index (κ3) is 2.83. The van der Waals surface area contributed by atoms with Gasteiger partial charge in [0, 0.05) is 0 Å². The SMILES string of the molecule is N#Cc1ccccc1Nc1ccc(C(F)(F)F)cc1N. The van der Waals surface area contributed by atoms with E-state index in [2.05, 4.69) is 5.32 Å². The van der Waals surface area contributed by atoms with Crippen molar-refractivity contribution in [2.45, 2.75) is 6.18 Å². The zero-order valence-electron chi connectivity index (χ0n) is 10.2. The van der Waals surface area contributed by atoms with Crippen LogP contribution in [0, 0.1) is 11.3 Å². The molecule has 2 rings (SSSR count). The maximum absolute atomic E-state index is 12.5. The number of nitriles is 1. The number of para-hydroxylation sites is 1. The molecule has 0 aromatic heterocycles. The van der Waals surface area contributed by atoms with Crippen molar-refractivity contribution in [2.75, 3.05) is 11.1 Å². The van der Waals surface area contributed by atoms with Crippen LogP contribution in [0.1, 0.15) is 11.1 Å². The second kappa shape index (κ2) is 5.13. The summed E-state index contributed by atoms with van der Waals surface area (Å²) in [5.74, 6) is 0. The van der Waals surface area contributed by atoms with Gasteiger partial charge < -0.3 is 11.1 Å². The van der Waals surface area contributed by atoms with Gasteiger partial charge in [0.25, 0.3) is 0 Å². The average molecular weight is 277 g/mol. The van der Waals surface area contributed by atoms with Crippen LogP contribution in [-0.4, -0.2) is 0 Å². The summed E-state index contributed by atoms with van der Waals surface area (Å²) >= 11 is 0. The summed E-state index contributed by atoms with van der Waals surface area (Å²) in [7, 11) is 0. The summed E-state index contributed by atoms with van der Waals surface area (Å²) in [5, 5.41) is 11.8. The zero-order chi connectivity index (χ0) is 14.8. The number of halogens is 3. The molecule has 0 radical (unpaired) electrons. The molecule has 102 valence electrons. The lowest BCUT2D eigenvalue weighted by Crippen LogP contribution is -2.06. The Morgan fingerprint density at radius 2 is 1.75 bits per heavy atom. The van der Waals surface area contributed by atoms with Crippen LogP contribution >= 0.6 is 0 Å². The fourth-order valence-corrected chi connectivity index (χ4v) is 1.69. The van der Waals surface area contributed by atoms with Gasteiger partial charge in [-0.25, -0.2) is 0 Å². The maximum atomic E-state index is 12.5. The normalized spacial score (nSPS) is 10.9. The molecule has 2 aromatic carbocycles. The van der Waals surface area contributed by atoms with Crippen molar-refractivity contribution in [3.8, 4) is 6.07 Å². The van der Waals surface area contributed by atoms with Gasteiger partial charge in [-0.1, -0.05) is 12.1 Å². The Bertz CT molecular complexity index is 672. The van der Waals surface area contributed by atoms with Crippen molar-refractivity contribution in [1.82, 2.24) is 0 Å². The number of nitrogens with one attached hydrogen (secondary N) is 1. The third-order valence-electron chi connectivity index (χ3n) is 2.70. The first-order valence-corrected chi connectivity index (χ1v) is 5.64. The molecule has 0 aliphatic heterocycles. The summed E-state index contributed by atoms with van der Waals surface area (Å²) in [5.41, 5.74) is 5.96. The lowest BCUT2D eigenvalue weighted by Gasteiger charge is -2.13. The first-order valence-electron chi connectivity index (χ1n) is 5.64. The Morgan fingerprint density at radius 3 is 2.35 bits per heavy atom. The van der Waals surface area contributed by atoms with Gasteiger partial charge in [-0.3, -0.25) is 0 Å². The predicted molar refractivity (Wildman–Crippen MR) is 70.3 cm³/mol. The summed E-state index contributed by atoms with van der Waals surface area (Å²) in [4.78, 5) is 0. The number of nitrogen functional groups attached to an aromatic ring is 1. The quantitative estimate of drug-likeness (QED) is 0.818. The van der Waals surface area contributed by atoms with Crippen LogP contribution in [0.5, 0.6) is 0 Å². The van der Waals surface area contributed by atoms with E-state index in [9.17, 15) is 13.2 Å². The van der Waals surface area contributed by atoms with E-state index in [-0.39, 0.29) is 5.69 Å². The Balaban J connectivity index is 2.34. The van der Waals surface area contributed by atoms with E-state index in [1.165, 1.54) is 6.07 Å². The number of nitrogens with zero attached hydrogens (tertiary/aromatic N) is 1. The molecule has 3 N–H and O–H groups in total. The van der Waals surface area contributed by atoms with E-state index in [4.69, 9.17) is 11.0 Å². The first-order chi connectivity index (χ1) is 9.41. The molecule has 3 nitrogen and oxygen atoms in total. The summed E-state index contributed by atoms with van der Waals surface area (Å²) in [6.07, 6.45) is -4.43. The van der Waals surface area contributed by atoms with Crippen LogP contribution in [0.3, 0.4) is 0 Å². The number of hydrogen-bond acceptors (Lipinski definition) is 3. The highest BCUT2D eigenvalue weighted by Gasteiger charge is 2.30. The molecular weight excluding hydrogens is 267 g/mol. The molecule has 0 unspecified atom stereocenters. The van der Waals surface area contributed by atoms with Crippen LogP contribution in [0.25, 0.3) is 0 Å². The highest BCUT2D eigenvalue weighted by molar-refractivity contribution is 5.75. The van der Waals surface area contributed by atoms with Crippen LogP contribution < -0.4 is 11.1 Å². The van der Waals surface area contributed by atoms with Gasteiger partial charge in [-0.05, 0) is 30.3 Å². The smallest absolute Gasteiger partial charge is 0.397 e. The molecule has 0 saturated heterocycles. The van der Waals surface area contributed by atoms with E-state index in [1.54, 1.807) is 24.3 Å². The second-order valence-electron chi connectivity index (χ2n) is 4.08.